The van der Waals surface area contributed by atoms with Gasteiger partial charge in [0.05, 0.1) is 0 Å². The van der Waals surface area contributed by atoms with Crippen LogP contribution in [0.2, 0.25) is 0 Å². The monoisotopic (exact) mass is 618 g/mol. The van der Waals surface area contributed by atoms with E-state index in [0.29, 0.717) is 0 Å². The molecule has 0 rings (SSSR count). The Morgan fingerprint density at radius 1 is 0.500 bits per heavy atom. The van der Waals surface area contributed by atoms with Gasteiger partial charge in [0.2, 0.25) is 0 Å². The zero-order valence-electron chi connectivity index (χ0n) is 17.0. The number of esters is 1. The summed E-state index contributed by atoms with van der Waals surface area (Å²) in [5.41, 5.74) is 0. The molecule has 0 fully saturated rings. The SMILES string of the molecule is C=CC(=O)OC(F)(F)C(F)(F)C(F)(F)C(F)(F)C(F)(F)C(F)(F)C(F)(F)C(F)(F)C(F)(F)CCC(F)(F)F. The van der Waals surface area contributed by atoms with Crippen LogP contribution in [0.4, 0.5) is 92.2 Å². The van der Waals surface area contributed by atoms with Crippen LogP contribution in [0.25, 0.3) is 0 Å². The van der Waals surface area contributed by atoms with E-state index in [9.17, 15) is 97.0 Å². The molecule has 0 N–H and O–H groups in total. The molecule has 0 aliphatic carbocycles. The van der Waals surface area contributed by atoms with Crippen molar-refractivity contribution in [3.05, 3.63) is 12.7 Å². The molecule has 23 heteroatoms. The molecule has 0 aromatic heterocycles. The fourth-order valence-electron chi connectivity index (χ4n) is 2.09. The summed E-state index contributed by atoms with van der Waals surface area (Å²) in [6.45, 7) is 2.22. The maximum atomic E-state index is 13.6. The van der Waals surface area contributed by atoms with Gasteiger partial charge in [0.25, 0.3) is 0 Å². The molecule has 0 heterocycles. The topological polar surface area (TPSA) is 26.3 Å². The first-order valence-corrected chi connectivity index (χ1v) is 8.49. The van der Waals surface area contributed by atoms with E-state index in [0.717, 1.165) is 0 Å². The van der Waals surface area contributed by atoms with E-state index in [1.807, 2.05) is 0 Å². The lowest BCUT2D eigenvalue weighted by molar-refractivity contribution is -0.474. The normalized spacial score (nSPS) is 15.9. The lowest BCUT2D eigenvalue weighted by Crippen LogP contribution is -2.76. The first-order chi connectivity index (χ1) is 16.2. The van der Waals surface area contributed by atoms with E-state index in [-0.39, 0.29) is 0 Å². The maximum absolute atomic E-state index is 13.6. The van der Waals surface area contributed by atoms with Crippen LogP contribution in [-0.2, 0) is 9.53 Å². The van der Waals surface area contributed by atoms with Gasteiger partial charge < -0.3 is 4.74 Å². The van der Waals surface area contributed by atoms with E-state index >= 15 is 0 Å². The summed E-state index contributed by atoms with van der Waals surface area (Å²) in [5.74, 6) is -71.2. The standard InChI is InChI=1S/C15H7F21O2/c1-2-5(37)38-15(35,36)14(33,34)13(31,32)12(29,30)11(27,28)10(25,26)9(23,24)8(21,22)6(16,17)3-4-7(18,19)20/h2H,1,3-4H2. The van der Waals surface area contributed by atoms with Crippen molar-refractivity contribution in [2.45, 2.75) is 72.5 Å². The van der Waals surface area contributed by atoms with Crippen LogP contribution < -0.4 is 0 Å². The van der Waals surface area contributed by atoms with Gasteiger partial charge in [-0.15, -0.1) is 0 Å². The molecular formula is C15H7F21O2. The number of carbonyl (C=O) groups excluding carboxylic acids is 1. The number of rotatable bonds is 12. The second-order valence-electron chi connectivity index (χ2n) is 6.98. The minimum absolute atomic E-state index is 0.565. The average molecular weight is 618 g/mol. The second-order valence-corrected chi connectivity index (χ2v) is 6.98. The fraction of sp³-hybridized carbons (Fsp3) is 0.800. The number of hydrogen-bond donors (Lipinski definition) is 0. The number of ether oxygens (including phenoxy) is 1. The van der Waals surface area contributed by atoms with Crippen molar-refractivity contribution in [3.8, 4) is 0 Å². The Kier molecular flexibility index (Phi) is 8.87. The summed E-state index contributed by atoms with van der Waals surface area (Å²) in [4.78, 5) is 10.5. The summed E-state index contributed by atoms with van der Waals surface area (Å²) in [7, 11) is 0. The van der Waals surface area contributed by atoms with Gasteiger partial charge in [0.1, 0.15) is 0 Å². The largest absolute Gasteiger partial charge is 0.473 e. The van der Waals surface area contributed by atoms with Gasteiger partial charge in [-0.1, -0.05) is 6.58 Å². The molecule has 38 heavy (non-hydrogen) atoms. The molecule has 0 aromatic carbocycles. The highest BCUT2D eigenvalue weighted by atomic mass is 19.4. The summed E-state index contributed by atoms with van der Waals surface area (Å²) >= 11 is 0. The van der Waals surface area contributed by atoms with E-state index < -0.39 is 84.6 Å². The first-order valence-electron chi connectivity index (χ1n) is 8.49. The molecule has 0 saturated heterocycles. The Balaban J connectivity index is 6.88. The van der Waals surface area contributed by atoms with Gasteiger partial charge in [0, 0.05) is 18.9 Å². The predicted octanol–water partition coefficient (Wildman–Crippen LogP) is 7.73. The Bertz CT molecular complexity index is 884. The molecule has 226 valence electrons. The van der Waals surface area contributed by atoms with Crippen LogP contribution in [-0.4, -0.2) is 65.6 Å². The van der Waals surface area contributed by atoms with Crippen LogP contribution in [0.5, 0.6) is 0 Å². The molecule has 0 saturated carbocycles. The zero-order valence-corrected chi connectivity index (χ0v) is 17.0. The lowest BCUT2D eigenvalue weighted by atomic mass is 9.86. The minimum Gasteiger partial charge on any atom is -0.393 e. The summed E-state index contributed by atoms with van der Waals surface area (Å²) in [6, 6.07) is 0. The number of hydrogen-bond acceptors (Lipinski definition) is 2. The van der Waals surface area contributed by atoms with E-state index in [1.54, 1.807) is 0 Å². The molecule has 0 unspecified atom stereocenters. The molecule has 0 aliphatic heterocycles. The van der Waals surface area contributed by atoms with Crippen molar-refractivity contribution in [3.63, 3.8) is 0 Å². The smallest absolute Gasteiger partial charge is 0.393 e. The van der Waals surface area contributed by atoms with Crippen molar-refractivity contribution in [2.75, 3.05) is 0 Å². The average Bonchev–Trinajstić information content (AvgIpc) is 2.70. The third-order valence-electron chi connectivity index (χ3n) is 4.31. The fourth-order valence-corrected chi connectivity index (χ4v) is 2.09. The van der Waals surface area contributed by atoms with Crippen LogP contribution in [0.15, 0.2) is 12.7 Å². The highest BCUT2D eigenvalue weighted by Crippen LogP contribution is 2.65. The van der Waals surface area contributed by atoms with Crippen molar-refractivity contribution < 1.29 is 102 Å². The quantitative estimate of drug-likeness (QED) is 0.127. The van der Waals surface area contributed by atoms with Crippen molar-refractivity contribution in [2.24, 2.45) is 0 Å². The van der Waals surface area contributed by atoms with Crippen molar-refractivity contribution in [1.82, 2.24) is 0 Å². The van der Waals surface area contributed by atoms with Crippen molar-refractivity contribution >= 4 is 5.97 Å². The van der Waals surface area contributed by atoms with Crippen LogP contribution >= 0.6 is 0 Å². The Morgan fingerprint density at radius 3 is 1.08 bits per heavy atom. The molecule has 2 nitrogen and oxygen atoms in total. The van der Waals surface area contributed by atoms with Gasteiger partial charge in [-0.05, 0) is 0 Å². The molecule has 0 atom stereocenters. The molecule has 0 aliphatic rings. The first kappa shape index (κ1) is 35.7. The summed E-state index contributed by atoms with van der Waals surface area (Å²) < 4.78 is 280. The van der Waals surface area contributed by atoms with Crippen LogP contribution in [0, 0.1) is 0 Å². The van der Waals surface area contributed by atoms with Crippen molar-refractivity contribution in [1.29, 1.82) is 0 Å². The maximum Gasteiger partial charge on any atom is 0.473 e. The van der Waals surface area contributed by atoms with Gasteiger partial charge >= 0.3 is 65.6 Å². The lowest BCUT2D eigenvalue weighted by Gasteiger charge is -2.44. The van der Waals surface area contributed by atoms with Gasteiger partial charge in [-0.25, -0.2) is 4.79 Å². The minimum atomic E-state index is -9.10. The number of alkyl halides is 21. The highest BCUT2D eigenvalue weighted by molar-refractivity contribution is 5.81. The zero-order chi connectivity index (χ0) is 31.4. The Hall–Kier alpha value is -2.26. The molecule has 0 aromatic rings. The third kappa shape index (κ3) is 5.16. The highest BCUT2D eigenvalue weighted by Gasteiger charge is 2.96. The van der Waals surface area contributed by atoms with Gasteiger partial charge in [-0.2, -0.15) is 92.2 Å². The van der Waals surface area contributed by atoms with Gasteiger partial charge in [0.15, 0.2) is 0 Å². The summed E-state index contributed by atoms with van der Waals surface area (Å²) in [5, 5.41) is 0. The Morgan fingerprint density at radius 2 is 0.789 bits per heavy atom. The molecular weight excluding hydrogens is 611 g/mol. The molecule has 0 radical (unpaired) electrons. The third-order valence-corrected chi connectivity index (χ3v) is 4.31. The van der Waals surface area contributed by atoms with Crippen LogP contribution in [0.3, 0.4) is 0 Å². The second kappa shape index (κ2) is 9.44. The predicted molar refractivity (Wildman–Crippen MR) is 76.1 cm³/mol. The molecule has 0 bridgehead atoms. The Labute approximate surface area is 194 Å². The summed E-state index contributed by atoms with van der Waals surface area (Å²) in [6.07, 6.45) is -20.7. The van der Waals surface area contributed by atoms with E-state index in [2.05, 4.69) is 11.3 Å². The molecule has 0 spiro atoms. The van der Waals surface area contributed by atoms with E-state index in [4.69, 9.17) is 0 Å². The van der Waals surface area contributed by atoms with E-state index in [1.165, 1.54) is 0 Å². The number of halogens is 21. The molecule has 0 amide bonds. The van der Waals surface area contributed by atoms with Gasteiger partial charge in [-0.3, -0.25) is 0 Å². The number of carbonyl (C=O) groups is 1. The van der Waals surface area contributed by atoms with Crippen LogP contribution in [0.1, 0.15) is 12.8 Å².